The summed E-state index contributed by atoms with van der Waals surface area (Å²) in [4.78, 5) is 0. The molecule has 0 spiro atoms. The second kappa shape index (κ2) is 6.25. The third-order valence-electron chi connectivity index (χ3n) is 6.30. The molecular formula is C17H34. The molecule has 0 bridgehead atoms. The Labute approximate surface area is 110 Å². The summed E-state index contributed by atoms with van der Waals surface area (Å²) < 4.78 is 0. The van der Waals surface area contributed by atoms with Crippen molar-refractivity contribution in [1.82, 2.24) is 0 Å². The van der Waals surface area contributed by atoms with E-state index in [9.17, 15) is 0 Å². The molecule has 0 aromatic rings. The first-order chi connectivity index (χ1) is 7.93. The Morgan fingerprint density at radius 2 is 1.12 bits per heavy atom. The minimum absolute atomic E-state index is 0.904. The predicted molar refractivity (Wildman–Crippen MR) is 78.0 cm³/mol. The van der Waals surface area contributed by atoms with Gasteiger partial charge in [-0.15, -0.1) is 0 Å². The van der Waals surface area contributed by atoms with Gasteiger partial charge in [0.25, 0.3) is 0 Å². The zero-order valence-corrected chi connectivity index (χ0v) is 13.2. The van der Waals surface area contributed by atoms with Crippen molar-refractivity contribution in [3.8, 4) is 0 Å². The Morgan fingerprint density at radius 3 is 1.41 bits per heavy atom. The van der Waals surface area contributed by atoms with Gasteiger partial charge in [0.1, 0.15) is 0 Å². The van der Waals surface area contributed by atoms with Gasteiger partial charge >= 0.3 is 0 Å². The van der Waals surface area contributed by atoms with E-state index in [-0.39, 0.29) is 0 Å². The minimum atomic E-state index is 0.904. The maximum Gasteiger partial charge on any atom is -0.0357 e. The van der Waals surface area contributed by atoms with Gasteiger partial charge in [0.15, 0.2) is 0 Å². The second-order valence-electron chi connectivity index (χ2n) is 6.91. The molecule has 0 N–H and O–H groups in total. The Bertz CT molecular complexity index is 198. The first-order valence-corrected chi connectivity index (χ1v) is 7.93. The molecule has 0 aromatic carbocycles. The molecule has 102 valence electrons. The van der Waals surface area contributed by atoms with Gasteiger partial charge in [0.05, 0.1) is 0 Å². The van der Waals surface area contributed by atoms with Crippen LogP contribution in [0.5, 0.6) is 0 Å². The van der Waals surface area contributed by atoms with Crippen LogP contribution in [0, 0.1) is 41.4 Å². The molecule has 0 heteroatoms. The van der Waals surface area contributed by atoms with Crippen LogP contribution in [0.1, 0.15) is 67.7 Å². The normalized spacial score (nSPS) is 42.2. The van der Waals surface area contributed by atoms with Crippen LogP contribution in [-0.2, 0) is 0 Å². The van der Waals surface area contributed by atoms with E-state index in [4.69, 9.17) is 0 Å². The van der Waals surface area contributed by atoms with Crippen molar-refractivity contribution >= 4 is 0 Å². The van der Waals surface area contributed by atoms with Gasteiger partial charge in [0, 0.05) is 0 Å². The quantitative estimate of drug-likeness (QED) is 0.596. The van der Waals surface area contributed by atoms with E-state index in [1.54, 1.807) is 0 Å². The van der Waals surface area contributed by atoms with E-state index < -0.39 is 0 Å². The molecule has 1 rings (SSSR count). The van der Waals surface area contributed by atoms with Crippen LogP contribution >= 0.6 is 0 Å². The zero-order chi connectivity index (χ0) is 13.2. The largest absolute Gasteiger partial charge is 0.0651 e. The molecule has 0 saturated heterocycles. The van der Waals surface area contributed by atoms with E-state index in [0.717, 1.165) is 41.4 Å². The standard InChI is InChI=1S/C17H34/c1-8-11(3)16-10-17(12(4)9-2)15(7)13(5)14(16)6/h11-17H,8-10H2,1-7H3. The summed E-state index contributed by atoms with van der Waals surface area (Å²) in [7, 11) is 0. The van der Waals surface area contributed by atoms with Crippen molar-refractivity contribution in [1.29, 1.82) is 0 Å². The second-order valence-corrected chi connectivity index (χ2v) is 6.91. The van der Waals surface area contributed by atoms with Gasteiger partial charge in [-0.1, -0.05) is 61.3 Å². The smallest absolute Gasteiger partial charge is 0.0357 e. The maximum absolute atomic E-state index is 2.50. The van der Waals surface area contributed by atoms with Crippen LogP contribution in [0.15, 0.2) is 0 Å². The summed E-state index contributed by atoms with van der Waals surface area (Å²) in [6, 6.07) is 0. The third-order valence-corrected chi connectivity index (χ3v) is 6.30. The predicted octanol–water partition coefficient (Wildman–Crippen LogP) is 5.62. The number of rotatable bonds is 4. The number of hydrogen-bond acceptors (Lipinski definition) is 0. The Hall–Kier alpha value is 0. The molecule has 1 saturated carbocycles. The van der Waals surface area contributed by atoms with Crippen LogP contribution in [-0.4, -0.2) is 0 Å². The Kier molecular flexibility index (Phi) is 5.54. The molecule has 0 heterocycles. The third kappa shape index (κ3) is 3.06. The summed E-state index contributed by atoms with van der Waals surface area (Å²) in [6.07, 6.45) is 4.18. The molecule has 1 aliphatic carbocycles. The molecule has 0 radical (unpaired) electrons. The van der Waals surface area contributed by atoms with Crippen molar-refractivity contribution in [3.63, 3.8) is 0 Å². The molecule has 6 atom stereocenters. The monoisotopic (exact) mass is 238 g/mol. The van der Waals surface area contributed by atoms with Gasteiger partial charge in [0.2, 0.25) is 0 Å². The summed E-state index contributed by atoms with van der Waals surface area (Å²) in [6.45, 7) is 17.2. The van der Waals surface area contributed by atoms with Crippen LogP contribution in [0.2, 0.25) is 0 Å². The van der Waals surface area contributed by atoms with E-state index in [1.807, 2.05) is 0 Å². The van der Waals surface area contributed by atoms with Crippen LogP contribution in [0.4, 0.5) is 0 Å². The first-order valence-electron chi connectivity index (χ1n) is 7.93. The van der Waals surface area contributed by atoms with E-state index in [1.165, 1.54) is 19.3 Å². The maximum atomic E-state index is 2.50. The topological polar surface area (TPSA) is 0 Å². The average molecular weight is 238 g/mol. The van der Waals surface area contributed by atoms with E-state index >= 15 is 0 Å². The fourth-order valence-electron chi connectivity index (χ4n) is 4.11. The van der Waals surface area contributed by atoms with Gasteiger partial charge < -0.3 is 0 Å². The highest BCUT2D eigenvalue weighted by Crippen LogP contribution is 2.48. The van der Waals surface area contributed by atoms with Gasteiger partial charge in [-0.25, -0.2) is 0 Å². The Morgan fingerprint density at radius 1 is 0.765 bits per heavy atom. The zero-order valence-electron chi connectivity index (χ0n) is 13.2. The summed E-state index contributed by atoms with van der Waals surface area (Å²) in [5, 5.41) is 0. The molecule has 0 aliphatic heterocycles. The van der Waals surface area contributed by atoms with Gasteiger partial charge in [-0.05, 0) is 47.8 Å². The first kappa shape index (κ1) is 15.1. The highest BCUT2D eigenvalue weighted by atomic mass is 14.5. The fourth-order valence-corrected chi connectivity index (χ4v) is 4.11. The highest BCUT2D eigenvalue weighted by Gasteiger charge is 2.40. The Balaban J connectivity index is 2.82. The summed E-state index contributed by atoms with van der Waals surface area (Å²) in [5.74, 6) is 6.48. The number of hydrogen-bond donors (Lipinski definition) is 0. The van der Waals surface area contributed by atoms with Crippen LogP contribution in [0.3, 0.4) is 0 Å². The lowest BCUT2D eigenvalue weighted by Gasteiger charge is -2.48. The SMILES string of the molecule is CCC(C)C1CC(C(C)CC)C(C)C(C)C1C. The van der Waals surface area contributed by atoms with Crippen molar-refractivity contribution < 1.29 is 0 Å². The van der Waals surface area contributed by atoms with Crippen LogP contribution in [0.25, 0.3) is 0 Å². The summed E-state index contributed by atoms with van der Waals surface area (Å²) in [5.41, 5.74) is 0. The lowest BCUT2D eigenvalue weighted by atomic mass is 9.58. The average Bonchev–Trinajstić information content (AvgIpc) is 2.34. The lowest BCUT2D eigenvalue weighted by Crippen LogP contribution is -2.41. The molecule has 1 fully saturated rings. The summed E-state index contributed by atoms with van der Waals surface area (Å²) >= 11 is 0. The van der Waals surface area contributed by atoms with E-state index in [0.29, 0.717) is 0 Å². The van der Waals surface area contributed by atoms with Crippen molar-refractivity contribution in [2.45, 2.75) is 67.7 Å². The molecule has 6 unspecified atom stereocenters. The van der Waals surface area contributed by atoms with Gasteiger partial charge in [-0.2, -0.15) is 0 Å². The van der Waals surface area contributed by atoms with Crippen molar-refractivity contribution in [3.05, 3.63) is 0 Å². The highest BCUT2D eigenvalue weighted by molar-refractivity contribution is 4.89. The fraction of sp³-hybridized carbons (Fsp3) is 1.00. The minimum Gasteiger partial charge on any atom is -0.0651 e. The molecule has 0 nitrogen and oxygen atoms in total. The van der Waals surface area contributed by atoms with Crippen LogP contribution < -0.4 is 0 Å². The molecule has 17 heavy (non-hydrogen) atoms. The van der Waals surface area contributed by atoms with Crippen molar-refractivity contribution in [2.24, 2.45) is 41.4 Å². The van der Waals surface area contributed by atoms with Crippen molar-refractivity contribution in [2.75, 3.05) is 0 Å². The lowest BCUT2D eigenvalue weighted by molar-refractivity contribution is 0.0128. The van der Waals surface area contributed by atoms with E-state index in [2.05, 4.69) is 48.5 Å². The molecule has 0 amide bonds. The van der Waals surface area contributed by atoms with Gasteiger partial charge in [-0.3, -0.25) is 0 Å². The molecule has 0 aromatic heterocycles. The molecular weight excluding hydrogens is 204 g/mol. The molecule has 1 aliphatic rings.